The Morgan fingerprint density at radius 1 is 1.55 bits per heavy atom. The molecule has 20 heavy (non-hydrogen) atoms. The third-order valence-corrected chi connectivity index (χ3v) is 5.30. The van der Waals surface area contributed by atoms with Crippen molar-refractivity contribution >= 4 is 33.4 Å². The van der Waals surface area contributed by atoms with Gasteiger partial charge in [0.2, 0.25) is 10.0 Å². The number of rotatable bonds is 3. The fraction of sp³-hybridized carbons (Fsp3) is 0.455. The van der Waals surface area contributed by atoms with Crippen LogP contribution in [0, 0.1) is 5.92 Å². The summed E-state index contributed by atoms with van der Waals surface area (Å²) in [7, 11) is -3.88. The predicted molar refractivity (Wildman–Crippen MR) is 72.8 cm³/mol. The van der Waals surface area contributed by atoms with Crippen molar-refractivity contribution in [3.8, 4) is 0 Å². The van der Waals surface area contributed by atoms with E-state index < -0.39 is 21.9 Å². The van der Waals surface area contributed by atoms with Crippen LogP contribution in [-0.2, 0) is 14.8 Å². The molecule has 9 heteroatoms. The molecule has 0 saturated carbocycles. The van der Waals surface area contributed by atoms with Gasteiger partial charge in [-0.15, -0.1) is 0 Å². The number of hydrogen-bond acceptors (Lipinski definition) is 5. The lowest BCUT2D eigenvalue weighted by atomic mass is 10.0. The maximum atomic E-state index is 12.5. The monoisotopic (exact) mass is 319 g/mol. The van der Waals surface area contributed by atoms with Gasteiger partial charge in [-0.05, 0) is 18.9 Å². The minimum atomic E-state index is -3.88. The van der Waals surface area contributed by atoms with Gasteiger partial charge in [-0.1, -0.05) is 11.6 Å². The molecule has 1 aromatic rings. The molecule has 0 amide bonds. The lowest BCUT2D eigenvalue weighted by molar-refractivity contribution is -0.142. The lowest BCUT2D eigenvalue weighted by Crippen LogP contribution is -2.42. The van der Waals surface area contributed by atoms with Crippen molar-refractivity contribution < 1.29 is 18.3 Å². The second-order valence-electron chi connectivity index (χ2n) is 4.58. The van der Waals surface area contributed by atoms with Crippen LogP contribution in [0.5, 0.6) is 0 Å². The Morgan fingerprint density at radius 2 is 2.25 bits per heavy atom. The molecule has 1 unspecified atom stereocenters. The Kier molecular flexibility index (Phi) is 4.17. The van der Waals surface area contributed by atoms with Crippen molar-refractivity contribution in [2.45, 2.75) is 17.7 Å². The maximum Gasteiger partial charge on any atom is 0.307 e. The maximum absolute atomic E-state index is 12.5. The molecule has 2 rings (SSSR count). The zero-order valence-corrected chi connectivity index (χ0v) is 12.1. The van der Waals surface area contributed by atoms with E-state index in [-0.39, 0.29) is 28.8 Å². The highest BCUT2D eigenvalue weighted by molar-refractivity contribution is 7.89. The van der Waals surface area contributed by atoms with Gasteiger partial charge in [0.15, 0.2) is 0 Å². The number of nitrogens with zero attached hydrogens (tertiary/aromatic N) is 2. The van der Waals surface area contributed by atoms with E-state index in [0.29, 0.717) is 12.8 Å². The van der Waals surface area contributed by atoms with Gasteiger partial charge >= 0.3 is 5.97 Å². The van der Waals surface area contributed by atoms with Gasteiger partial charge in [-0.2, -0.15) is 4.31 Å². The summed E-state index contributed by atoms with van der Waals surface area (Å²) in [4.78, 5) is 14.5. The van der Waals surface area contributed by atoms with Crippen molar-refractivity contribution in [3.63, 3.8) is 0 Å². The summed E-state index contributed by atoms with van der Waals surface area (Å²) in [6.07, 6.45) is 2.21. The van der Waals surface area contributed by atoms with Gasteiger partial charge < -0.3 is 10.8 Å². The zero-order chi connectivity index (χ0) is 14.9. The van der Waals surface area contributed by atoms with Gasteiger partial charge in [0, 0.05) is 19.3 Å². The number of anilines is 1. The van der Waals surface area contributed by atoms with Crippen molar-refractivity contribution in [2.75, 3.05) is 18.8 Å². The molecule has 1 aromatic heterocycles. The number of carboxylic acid groups (broad SMARTS) is 1. The summed E-state index contributed by atoms with van der Waals surface area (Å²) in [5.41, 5.74) is 5.58. The number of carbonyl (C=O) groups is 1. The van der Waals surface area contributed by atoms with E-state index in [1.807, 2.05) is 0 Å². The molecule has 2 heterocycles. The van der Waals surface area contributed by atoms with Crippen molar-refractivity contribution in [1.82, 2.24) is 9.29 Å². The van der Waals surface area contributed by atoms with Crippen LogP contribution in [0.4, 0.5) is 5.82 Å². The number of pyridine rings is 1. The van der Waals surface area contributed by atoms with Crippen molar-refractivity contribution in [3.05, 3.63) is 17.3 Å². The number of aromatic nitrogens is 1. The van der Waals surface area contributed by atoms with Crippen LogP contribution in [-0.4, -0.2) is 41.9 Å². The van der Waals surface area contributed by atoms with Crippen LogP contribution in [0.15, 0.2) is 17.2 Å². The summed E-state index contributed by atoms with van der Waals surface area (Å²) >= 11 is 5.75. The molecule has 7 nitrogen and oxygen atoms in total. The predicted octanol–water partition coefficient (Wildman–Crippen LogP) is 0.802. The minimum Gasteiger partial charge on any atom is -0.481 e. The Balaban J connectivity index is 2.35. The SMILES string of the molecule is Nc1ncc(Cl)cc1S(=O)(=O)N1CCCC(C(=O)O)C1. The number of aliphatic carboxylic acids is 1. The molecule has 0 bridgehead atoms. The standard InChI is InChI=1S/C11H14ClN3O4S/c12-8-4-9(10(13)14-5-8)20(18,19)15-3-1-2-7(6-15)11(16)17/h4-5,7H,1-3,6H2,(H2,13,14)(H,16,17). The molecule has 0 spiro atoms. The number of nitrogen functional groups attached to an aromatic ring is 1. The fourth-order valence-corrected chi connectivity index (χ4v) is 3.98. The molecular formula is C11H14ClN3O4S. The second kappa shape index (κ2) is 5.55. The molecule has 1 saturated heterocycles. The highest BCUT2D eigenvalue weighted by Crippen LogP contribution is 2.27. The second-order valence-corrected chi connectivity index (χ2v) is 6.92. The van der Waals surface area contributed by atoms with Crippen LogP contribution in [0.2, 0.25) is 5.02 Å². The largest absolute Gasteiger partial charge is 0.481 e. The van der Waals surface area contributed by atoms with Gasteiger partial charge in [-0.25, -0.2) is 13.4 Å². The highest BCUT2D eigenvalue weighted by Gasteiger charge is 2.34. The lowest BCUT2D eigenvalue weighted by Gasteiger charge is -2.30. The number of halogens is 1. The molecule has 0 aromatic carbocycles. The van der Waals surface area contributed by atoms with Gasteiger partial charge in [-0.3, -0.25) is 4.79 Å². The van der Waals surface area contributed by atoms with E-state index in [0.717, 1.165) is 4.31 Å². The van der Waals surface area contributed by atoms with Crippen LogP contribution >= 0.6 is 11.6 Å². The van der Waals surface area contributed by atoms with E-state index in [2.05, 4.69) is 4.98 Å². The number of hydrogen-bond donors (Lipinski definition) is 2. The smallest absolute Gasteiger partial charge is 0.307 e. The van der Waals surface area contributed by atoms with E-state index >= 15 is 0 Å². The molecule has 1 fully saturated rings. The van der Waals surface area contributed by atoms with Gasteiger partial charge in [0.1, 0.15) is 10.7 Å². The first-order valence-electron chi connectivity index (χ1n) is 5.96. The van der Waals surface area contributed by atoms with Gasteiger partial charge in [0.05, 0.1) is 10.9 Å². The summed E-state index contributed by atoms with van der Waals surface area (Å²) in [5.74, 6) is -1.85. The summed E-state index contributed by atoms with van der Waals surface area (Å²) in [6, 6.07) is 1.23. The minimum absolute atomic E-state index is 0.0659. The summed E-state index contributed by atoms with van der Waals surface area (Å²) < 4.78 is 26.1. The van der Waals surface area contributed by atoms with Crippen LogP contribution in [0.1, 0.15) is 12.8 Å². The fourth-order valence-electron chi connectivity index (χ4n) is 2.14. The highest BCUT2D eigenvalue weighted by atomic mass is 35.5. The third-order valence-electron chi connectivity index (χ3n) is 3.20. The molecule has 3 N–H and O–H groups in total. The Hall–Kier alpha value is -1.38. The average molecular weight is 320 g/mol. The van der Waals surface area contributed by atoms with E-state index in [9.17, 15) is 13.2 Å². The van der Waals surface area contributed by atoms with E-state index in [4.69, 9.17) is 22.4 Å². The third kappa shape index (κ3) is 2.87. The first-order chi connectivity index (χ1) is 9.32. The topological polar surface area (TPSA) is 114 Å². The summed E-state index contributed by atoms with van der Waals surface area (Å²) in [6.45, 7) is 0.196. The van der Waals surface area contributed by atoms with Crippen molar-refractivity contribution in [2.24, 2.45) is 5.92 Å². The van der Waals surface area contributed by atoms with E-state index in [1.54, 1.807) is 0 Å². The Morgan fingerprint density at radius 3 is 2.90 bits per heavy atom. The summed E-state index contributed by atoms with van der Waals surface area (Å²) in [5, 5.41) is 9.17. The normalized spacial score (nSPS) is 20.8. The molecule has 1 aliphatic rings. The first kappa shape index (κ1) is 15.0. The zero-order valence-electron chi connectivity index (χ0n) is 10.5. The molecular weight excluding hydrogens is 306 g/mol. The van der Waals surface area contributed by atoms with Crippen molar-refractivity contribution in [1.29, 1.82) is 0 Å². The molecule has 1 aliphatic heterocycles. The molecule has 0 radical (unpaired) electrons. The Bertz CT molecular complexity index is 635. The number of carboxylic acids is 1. The van der Waals surface area contributed by atoms with Crippen LogP contribution < -0.4 is 5.73 Å². The molecule has 0 aliphatic carbocycles. The molecule has 1 atom stereocenters. The quantitative estimate of drug-likeness (QED) is 0.852. The number of sulfonamides is 1. The average Bonchev–Trinajstić information content (AvgIpc) is 2.41. The van der Waals surface area contributed by atoms with Crippen LogP contribution in [0.25, 0.3) is 0 Å². The number of nitrogens with two attached hydrogens (primary N) is 1. The van der Waals surface area contributed by atoms with Crippen LogP contribution in [0.3, 0.4) is 0 Å². The van der Waals surface area contributed by atoms with E-state index in [1.165, 1.54) is 12.3 Å². The number of piperidine rings is 1. The van der Waals surface area contributed by atoms with Gasteiger partial charge in [0.25, 0.3) is 0 Å². The molecule has 110 valence electrons. The Labute approximate surface area is 121 Å². The first-order valence-corrected chi connectivity index (χ1v) is 7.78.